The molecule has 2 saturated heterocycles. The van der Waals surface area contributed by atoms with Gasteiger partial charge in [0.15, 0.2) is 0 Å². The van der Waals surface area contributed by atoms with Gasteiger partial charge in [0.1, 0.15) is 23.4 Å². The Hall–Kier alpha value is -2.75. The molecule has 3 aliphatic heterocycles. The maximum Gasteiger partial charge on any atom is 0.255 e. The summed E-state index contributed by atoms with van der Waals surface area (Å²) in [5.41, 5.74) is 3.18. The van der Waals surface area contributed by atoms with Crippen LogP contribution in [0.25, 0.3) is 0 Å². The maximum atomic E-state index is 13.0. The molecule has 2 fully saturated rings. The highest BCUT2D eigenvalue weighted by Gasteiger charge is 2.39. The predicted octanol–water partition coefficient (Wildman–Crippen LogP) is 2.30. The summed E-state index contributed by atoms with van der Waals surface area (Å²) in [5, 5.41) is 5.74. The first kappa shape index (κ1) is 21.1. The van der Waals surface area contributed by atoms with Crippen LogP contribution >= 0.6 is 11.3 Å². The van der Waals surface area contributed by atoms with Crippen LogP contribution in [0.5, 0.6) is 5.75 Å². The Balaban J connectivity index is 1.24. The van der Waals surface area contributed by atoms with Crippen molar-refractivity contribution in [3.05, 3.63) is 57.7 Å². The second-order valence-electron chi connectivity index (χ2n) is 8.27. The number of carbonyl (C=O) groups is 2. The van der Waals surface area contributed by atoms with E-state index < -0.39 is 6.04 Å². The topological polar surface area (TPSA) is 84.0 Å². The SMILES string of the molecule is C=C1CCC(N2Cc3c(OCc4nc(CN5CCOCC5)cs4)cccc3C2=O)C(=O)N1. The number of benzene rings is 1. The summed E-state index contributed by atoms with van der Waals surface area (Å²) in [4.78, 5) is 34.1. The largest absolute Gasteiger partial charge is 0.486 e. The number of morpholine rings is 1. The third-order valence-electron chi connectivity index (χ3n) is 6.09. The van der Waals surface area contributed by atoms with Crippen molar-refractivity contribution in [2.24, 2.45) is 0 Å². The van der Waals surface area contributed by atoms with E-state index in [1.807, 2.05) is 12.1 Å². The number of nitrogens with zero attached hydrogens (tertiary/aromatic N) is 3. The van der Waals surface area contributed by atoms with Crippen LogP contribution in [-0.2, 0) is 29.2 Å². The third kappa shape index (κ3) is 4.28. The Labute approximate surface area is 190 Å². The van der Waals surface area contributed by atoms with E-state index >= 15 is 0 Å². The number of hydrogen-bond donors (Lipinski definition) is 1. The first-order valence-corrected chi connectivity index (χ1v) is 11.7. The van der Waals surface area contributed by atoms with E-state index in [0.29, 0.717) is 43.0 Å². The molecule has 0 spiro atoms. The standard InChI is InChI=1S/C23H26N4O4S/c1-15-5-6-19(22(28)24-15)27-12-18-17(23(27)29)3-2-4-20(18)31-13-21-25-16(14-32-21)11-26-7-9-30-10-8-26/h2-4,14,19H,1,5-13H2,(H,24,28). The molecule has 5 rings (SSSR count). The Morgan fingerprint density at radius 1 is 1.28 bits per heavy atom. The molecular formula is C23H26N4O4S. The lowest BCUT2D eigenvalue weighted by atomic mass is 10.0. The molecule has 32 heavy (non-hydrogen) atoms. The molecule has 1 unspecified atom stereocenters. The van der Waals surface area contributed by atoms with E-state index in [0.717, 1.165) is 49.1 Å². The molecule has 1 aromatic carbocycles. The minimum absolute atomic E-state index is 0.125. The van der Waals surface area contributed by atoms with Crippen molar-refractivity contribution >= 4 is 23.2 Å². The Bertz CT molecular complexity index is 1050. The van der Waals surface area contributed by atoms with Gasteiger partial charge in [0.05, 0.1) is 25.5 Å². The van der Waals surface area contributed by atoms with Crippen molar-refractivity contribution in [2.45, 2.75) is 38.6 Å². The van der Waals surface area contributed by atoms with Gasteiger partial charge in [-0.15, -0.1) is 11.3 Å². The number of hydrogen-bond acceptors (Lipinski definition) is 7. The molecule has 0 aliphatic carbocycles. The Kier molecular flexibility index (Phi) is 5.95. The van der Waals surface area contributed by atoms with Crippen LogP contribution in [0.3, 0.4) is 0 Å². The van der Waals surface area contributed by atoms with Gasteiger partial charge in [-0.1, -0.05) is 12.6 Å². The van der Waals surface area contributed by atoms with Crippen LogP contribution < -0.4 is 10.1 Å². The molecule has 0 bridgehead atoms. The number of nitrogens with one attached hydrogen (secondary N) is 1. The van der Waals surface area contributed by atoms with E-state index in [2.05, 4.69) is 22.2 Å². The van der Waals surface area contributed by atoms with Crippen LogP contribution in [0.15, 0.2) is 35.9 Å². The summed E-state index contributed by atoms with van der Waals surface area (Å²) in [6, 6.07) is 5.02. The average molecular weight is 455 g/mol. The molecule has 9 heteroatoms. The number of amides is 2. The van der Waals surface area contributed by atoms with Gasteiger partial charge in [0.2, 0.25) is 5.91 Å². The third-order valence-corrected chi connectivity index (χ3v) is 6.96. The van der Waals surface area contributed by atoms with Crippen molar-refractivity contribution < 1.29 is 19.1 Å². The fraction of sp³-hybridized carbons (Fsp3) is 0.435. The van der Waals surface area contributed by atoms with Gasteiger partial charge in [-0.25, -0.2) is 4.98 Å². The molecule has 3 aliphatic rings. The zero-order chi connectivity index (χ0) is 22.1. The highest BCUT2D eigenvalue weighted by atomic mass is 32.1. The number of thiazole rings is 1. The number of allylic oxidation sites excluding steroid dienone is 1. The normalized spacial score (nSPS) is 21.6. The van der Waals surface area contributed by atoms with E-state index in [9.17, 15) is 9.59 Å². The molecule has 8 nitrogen and oxygen atoms in total. The number of ether oxygens (including phenoxy) is 2. The quantitative estimate of drug-likeness (QED) is 0.721. The summed E-state index contributed by atoms with van der Waals surface area (Å²) >= 11 is 1.58. The fourth-order valence-electron chi connectivity index (χ4n) is 4.39. The summed E-state index contributed by atoms with van der Waals surface area (Å²) in [5.74, 6) is 0.379. The van der Waals surface area contributed by atoms with Gasteiger partial charge in [0, 0.05) is 41.8 Å². The molecular weight excluding hydrogens is 428 g/mol. The van der Waals surface area contributed by atoms with Gasteiger partial charge >= 0.3 is 0 Å². The van der Waals surface area contributed by atoms with E-state index in [-0.39, 0.29) is 11.8 Å². The predicted molar refractivity (Wildman–Crippen MR) is 119 cm³/mol. The minimum atomic E-state index is -0.477. The van der Waals surface area contributed by atoms with Crippen molar-refractivity contribution in [2.75, 3.05) is 26.3 Å². The number of fused-ring (bicyclic) bond motifs is 1. The van der Waals surface area contributed by atoms with Gasteiger partial charge in [-0.05, 0) is 25.0 Å². The summed E-state index contributed by atoms with van der Waals surface area (Å²) < 4.78 is 11.5. The molecule has 1 N–H and O–H groups in total. The fourth-order valence-corrected chi connectivity index (χ4v) is 5.08. The van der Waals surface area contributed by atoms with Crippen molar-refractivity contribution in [3.8, 4) is 5.75 Å². The lowest BCUT2D eigenvalue weighted by Crippen LogP contribution is -2.49. The van der Waals surface area contributed by atoms with Crippen LogP contribution in [0.2, 0.25) is 0 Å². The molecule has 0 radical (unpaired) electrons. The first-order chi connectivity index (χ1) is 15.6. The molecule has 0 saturated carbocycles. The van der Waals surface area contributed by atoms with E-state index in [1.54, 1.807) is 22.3 Å². The summed E-state index contributed by atoms with van der Waals surface area (Å²) in [7, 11) is 0. The smallest absolute Gasteiger partial charge is 0.255 e. The Morgan fingerprint density at radius 2 is 2.12 bits per heavy atom. The second kappa shape index (κ2) is 9.01. The van der Waals surface area contributed by atoms with Crippen LogP contribution in [0, 0.1) is 0 Å². The molecule has 168 valence electrons. The van der Waals surface area contributed by atoms with Gasteiger partial charge in [0.25, 0.3) is 5.91 Å². The maximum absolute atomic E-state index is 13.0. The highest BCUT2D eigenvalue weighted by Crippen LogP contribution is 2.34. The van der Waals surface area contributed by atoms with Crippen LogP contribution in [-0.4, -0.2) is 58.9 Å². The molecule has 4 heterocycles. The number of aromatic nitrogens is 1. The first-order valence-electron chi connectivity index (χ1n) is 10.9. The van der Waals surface area contributed by atoms with Gasteiger partial charge in [-0.3, -0.25) is 14.5 Å². The van der Waals surface area contributed by atoms with Crippen molar-refractivity contribution in [1.29, 1.82) is 0 Å². The molecule has 2 amide bonds. The lowest BCUT2D eigenvalue weighted by molar-refractivity contribution is -0.126. The summed E-state index contributed by atoms with van der Waals surface area (Å²) in [6.45, 7) is 8.75. The molecule has 2 aromatic rings. The van der Waals surface area contributed by atoms with Crippen LogP contribution in [0.4, 0.5) is 0 Å². The lowest BCUT2D eigenvalue weighted by Gasteiger charge is -2.31. The van der Waals surface area contributed by atoms with Crippen LogP contribution in [0.1, 0.15) is 39.5 Å². The van der Waals surface area contributed by atoms with E-state index in [1.165, 1.54) is 0 Å². The van der Waals surface area contributed by atoms with Gasteiger partial charge < -0.3 is 19.7 Å². The van der Waals surface area contributed by atoms with Crippen molar-refractivity contribution in [1.82, 2.24) is 20.1 Å². The van der Waals surface area contributed by atoms with E-state index in [4.69, 9.17) is 14.5 Å². The number of carbonyl (C=O) groups excluding carboxylic acids is 2. The van der Waals surface area contributed by atoms with Crippen molar-refractivity contribution in [3.63, 3.8) is 0 Å². The average Bonchev–Trinajstić information content (AvgIpc) is 3.38. The molecule has 1 aromatic heterocycles. The van der Waals surface area contributed by atoms with Gasteiger partial charge in [-0.2, -0.15) is 0 Å². The zero-order valence-corrected chi connectivity index (χ0v) is 18.7. The number of rotatable bonds is 6. The molecule has 1 atom stereocenters. The highest BCUT2D eigenvalue weighted by molar-refractivity contribution is 7.09. The monoisotopic (exact) mass is 454 g/mol. The zero-order valence-electron chi connectivity index (χ0n) is 17.8. The number of piperidine rings is 1. The summed E-state index contributed by atoms with van der Waals surface area (Å²) in [6.07, 6.45) is 1.27. The Morgan fingerprint density at radius 3 is 2.94 bits per heavy atom. The minimum Gasteiger partial charge on any atom is -0.486 e. The second-order valence-corrected chi connectivity index (χ2v) is 9.22.